The van der Waals surface area contributed by atoms with Gasteiger partial charge in [0.1, 0.15) is 10.7 Å². The van der Waals surface area contributed by atoms with Crippen LogP contribution in [0.25, 0.3) is 0 Å². The van der Waals surface area contributed by atoms with Gasteiger partial charge in [0.05, 0.1) is 9.92 Å². The number of hydrogen-bond donors (Lipinski definition) is 2. The molecule has 8 heteroatoms. The van der Waals surface area contributed by atoms with Crippen LogP contribution in [0, 0.1) is 0 Å². The molecule has 0 bridgehead atoms. The Balaban J connectivity index is 2.04. The van der Waals surface area contributed by atoms with Gasteiger partial charge in [-0.2, -0.15) is 0 Å². The number of allylic oxidation sites excluding steroid dienone is 1. The van der Waals surface area contributed by atoms with Gasteiger partial charge in [-0.3, -0.25) is 4.79 Å². The van der Waals surface area contributed by atoms with E-state index in [4.69, 9.17) is 11.6 Å². The smallest absolute Gasteiger partial charge is 0.234 e. The number of rotatable bonds is 5. The lowest BCUT2D eigenvalue weighted by Gasteiger charge is -2.16. The molecule has 1 saturated heterocycles. The molecule has 0 aliphatic carbocycles. The van der Waals surface area contributed by atoms with E-state index < -0.39 is 14.7 Å². The maximum atomic E-state index is 13.2. The first-order valence-electron chi connectivity index (χ1n) is 8.50. The van der Waals surface area contributed by atoms with Crippen molar-refractivity contribution in [3.63, 3.8) is 0 Å². The van der Waals surface area contributed by atoms with Gasteiger partial charge in [-0.05, 0) is 37.1 Å². The Labute approximate surface area is 167 Å². The van der Waals surface area contributed by atoms with Crippen LogP contribution in [0.1, 0.15) is 23.2 Å². The number of carbonyl (C=O) groups excluding carboxylic acids is 1. The van der Waals surface area contributed by atoms with E-state index in [0.29, 0.717) is 29.7 Å². The Kier molecular flexibility index (Phi) is 6.46. The van der Waals surface area contributed by atoms with Crippen molar-refractivity contribution in [2.45, 2.75) is 17.7 Å². The summed E-state index contributed by atoms with van der Waals surface area (Å²) < 4.78 is 25.8. The molecule has 5 nitrogen and oxygen atoms in total. The molecule has 2 aromatic rings. The summed E-state index contributed by atoms with van der Waals surface area (Å²) in [5, 5.41) is 6.57. The molecule has 1 aliphatic heterocycles. The van der Waals surface area contributed by atoms with E-state index in [1.54, 1.807) is 42.5 Å². The zero-order chi connectivity index (χ0) is 19.3. The average Bonchev–Trinajstić information content (AvgIpc) is 2.96. The second kappa shape index (κ2) is 8.82. The van der Waals surface area contributed by atoms with Crippen molar-refractivity contribution in [3.05, 3.63) is 75.9 Å². The Hall–Kier alpha value is -1.96. The molecule has 0 aromatic heterocycles. The van der Waals surface area contributed by atoms with Crippen molar-refractivity contribution in [1.29, 1.82) is 0 Å². The minimum atomic E-state index is -3.77. The third-order valence-corrected chi connectivity index (χ3v) is 7.67. The Morgan fingerprint density at radius 3 is 2.15 bits per heavy atom. The van der Waals surface area contributed by atoms with E-state index >= 15 is 0 Å². The molecule has 2 aromatic carbocycles. The number of benzene rings is 2. The molecule has 27 heavy (non-hydrogen) atoms. The molecule has 0 saturated carbocycles. The van der Waals surface area contributed by atoms with Crippen LogP contribution in [0.5, 0.6) is 0 Å². The van der Waals surface area contributed by atoms with E-state index in [1.807, 2.05) is 0 Å². The summed E-state index contributed by atoms with van der Waals surface area (Å²) in [7, 11) is -3.23. The number of nitrogens with one attached hydrogen (secondary N) is 2. The van der Waals surface area contributed by atoms with Gasteiger partial charge in [-0.1, -0.05) is 41.9 Å². The van der Waals surface area contributed by atoms with Gasteiger partial charge in [0.15, 0.2) is 0 Å². The topological polar surface area (TPSA) is 75.3 Å². The zero-order valence-electron chi connectivity index (χ0n) is 14.4. The standard InChI is InChI=1S/C19H19ClN2O3S2/c20-16-11-5-4-10-15(16)17(23)18(19-21-12-6-7-13-22-19)26-27(24,25)14-8-2-1-3-9-14/h1-5,8-11,21-22H,6-7,12-13H2. The van der Waals surface area contributed by atoms with Crippen LogP contribution in [-0.2, 0) is 8.87 Å². The third kappa shape index (κ3) is 4.86. The van der Waals surface area contributed by atoms with Crippen LogP contribution in [0.15, 0.2) is 70.2 Å². The van der Waals surface area contributed by atoms with E-state index in [2.05, 4.69) is 10.6 Å². The van der Waals surface area contributed by atoms with Crippen molar-refractivity contribution in [3.8, 4) is 0 Å². The normalized spacial score (nSPS) is 14.6. The summed E-state index contributed by atoms with van der Waals surface area (Å²) in [4.78, 5) is 13.4. The number of carbonyl (C=O) groups is 1. The average molecular weight is 423 g/mol. The summed E-state index contributed by atoms with van der Waals surface area (Å²) in [6.45, 7) is 1.32. The summed E-state index contributed by atoms with van der Waals surface area (Å²) >= 11 is 6.18. The van der Waals surface area contributed by atoms with Crippen molar-refractivity contribution < 1.29 is 13.2 Å². The molecule has 1 fully saturated rings. The Bertz CT molecular complexity index is 950. The van der Waals surface area contributed by atoms with E-state index in [0.717, 1.165) is 12.8 Å². The van der Waals surface area contributed by atoms with Gasteiger partial charge in [0.2, 0.25) is 14.7 Å². The highest BCUT2D eigenvalue weighted by molar-refractivity contribution is 8.73. The van der Waals surface area contributed by atoms with Crippen molar-refractivity contribution in [2.24, 2.45) is 0 Å². The van der Waals surface area contributed by atoms with Crippen LogP contribution >= 0.6 is 22.4 Å². The lowest BCUT2D eigenvalue weighted by Crippen LogP contribution is -2.28. The molecule has 0 amide bonds. The van der Waals surface area contributed by atoms with Gasteiger partial charge in [-0.15, -0.1) is 0 Å². The fraction of sp³-hybridized carbons (Fsp3) is 0.211. The fourth-order valence-electron chi connectivity index (χ4n) is 2.61. The van der Waals surface area contributed by atoms with Crippen LogP contribution in [0.4, 0.5) is 0 Å². The molecular weight excluding hydrogens is 404 g/mol. The first kappa shape index (κ1) is 19.8. The maximum absolute atomic E-state index is 13.2. The predicted octanol–water partition coefficient (Wildman–Crippen LogP) is 3.79. The molecule has 2 N–H and O–H groups in total. The summed E-state index contributed by atoms with van der Waals surface area (Å²) in [6, 6.07) is 14.7. The summed E-state index contributed by atoms with van der Waals surface area (Å²) in [5.41, 5.74) is 0.269. The van der Waals surface area contributed by atoms with Crippen LogP contribution in [-0.4, -0.2) is 27.3 Å². The lowest BCUT2D eigenvalue weighted by atomic mass is 10.1. The maximum Gasteiger partial charge on any atom is 0.234 e. The number of Topliss-reactive ketones (excluding diaryl/α,β-unsaturated/α-hetero) is 1. The van der Waals surface area contributed by atoms with Gasteiger partial charge in [-0.25, -0.2) is 8.42 Å². The van der Waals surface area contributed by atoms with Crippen LogP contribution in [0.2, 0.25) is 5.02 Å². The van der Waals surface area contributed by atoms with Crippen molar-refractivity contribution in [2.75, 3.05) is 13.1 Å². The van der Waals surface area contributed by atoms with E-state index in [1.165, 1.54) is 12.1 Å². The van der Waals surface area contributed by atoms with E-state index in [-0.39, 0.29) is 20.4 Å². The SMILES string of the molecule is O=C(C(SS(=O)(=O)c1ccccc1)=C1NCCCCN1)c1ccccc1Cl. The summed E-state index contributed by atoms with van der Waals surface area (Å²) in [6.07, 6.45) is 1.86. The highest BCUT2D eigenvalue weighted by atomic mass is 35.5. The molecule has 0 spiro atoms. The molecule has 0 radical (unpaired) electrons. The quantitative estimate of drug-likeness (QED) is 0.434. The third-order valence-electron chi connectivity index (χ3n) is 3.98. The molecule has 0 unspecified atom stereocenters. The first-order chi connectivity index (χ1) is 13.0. The highest BCUT2D eigenvalue weighted by Crippen LogP contribution is 2.34. The Morgan fingerprint density at radius 2 is 1.52 bits per heavy atom. The fourth-order valence-corrected chi connectivity index (χ4v) is 5.80. The minimum absolute atomic E-state index is 0.0915. The predicted molar refractivity (Wildman–Crippen MR) is 109 cm³/mol. The molecular formula is C19H19ClN2O3S2. The van der Waals surface area contributed by atoms with E-state index in [9.17, 15) is 13.2 Å². The molecule has 0 atom stereocenters. The van der Waals surface area contributed by atoms with Gasteiger partial charge in [0, 0.05) is 29.4 Å². The van der Waals surface area contributed by atoms with Crippen LogP contribution in [0.3, 0.4) is 0 Å². The minimum Gasteiger partial charge on any atom is -0.371 e. The number of hydrogen-bond acceptors (Lipinski definition) is 6. The molecule has 1 aliphatic rings. The van der Waals surface area contributed by atoms with Crippen molar-refractivity contribution in [1.82, 2.24) is 10.6 Å². The molecule has 3 rings (SSSR count). The van der Waals surface area contributed by atoms with Crippen molar-refractivity contribution >= 4 is 37.0 Å². The second-order valence-electron chi connectivity index (χ2n) is 5.92. The highest BCUT2D eigenvalue weighted by Gasteiger charge is 2.28. The van der Waals surface area contributed by atoms with Gasteiger partial charge in [0.25, 0.3) is 0 Å². The van der Waals surface area contributed by atoms with Gasteiger partial charge >= 0.3 is 0 Å². The van der Waals surface area contributed by atoms with Gasteiger partial charge < -0.3 is 10.6 Å². The second-order valence-corrected chi connectivity index (χ2v) is 10.1. The zero-order valence-corrected chi connectivity index (χ0v) is 16.8. The number of ketones is 1. The largest absolute Gasteiger partial charge is 0.371 e. The Morgan fingerprint density at radius 1 is 0.926 bits per heavy atom. The number of halogens is 1. The van der Waals surface area contributed by atoms with Crippen LogP contribution < -0.4 is 10.6 Å². The lowest BCUT2D eigenvalue weighted by molar-refractivity contribution is 0.104. The summed E-state index contributed by atoms with van der Waals surface area (Å²) in [5.74, 6) is 0.00364. The monoisotopic (exact) mass is 422 g/mol. The first-order valence-corrected chi connectivity index (χ1v) is 11.7. The molecule has 142 valence electrons. The molecule has 1 heterocycles.